The van der Waals surface area contributed by atoms with Crippen molar-refractivity contribution in [3.63, 3.8) is 0 Å². The summed E-state index contributed by atoms with van der Waals surface area (Å²) in [5.41, 5.74) is 0. The highest BCUT2D eigenvalue weighted by Gasteiger charge is 1.94. The van der Waals surface area contributed by atoms with Gasteiger partial charge in [0.05, 0.1) is 0 Å². The third-order valence-corrected chi connectivity index (χ3v) is 3.49. The summed E-state index contributed by atoms with van der Waals surface area (Å²) < 4.78 is 0. The first kappa shape index (κ1) is 17.0. The smallest absolute Gasteiger partial charge is 0.0109 e. The zero-order chi connectivity index (χ0) is 12.8. The highest BCUT2D eigenvalue weighted by molar-refractivity contribution is 6.29. The van der Waals surface area contributed by atoms with Crippen LogP contribution in [0, 0.1) is 0 Å². The van der Waals surface area contributed by atoms with Gasteiger partial charge in [-0.15, -0.1) is 0 Å². The van der Waals surface area contributed by atoms with Gasteiger partial charge in [0.1, 0.15) is 0 Å². The van der Waals surface area contributed by atoms with Crippen molar-refractivity contribution in [3.8, 4) is 0 Å². The summed E-state index contributed by atoms with van der Waals surface area (Å²) in [5, 5.41) is 0.817. The van der Waals surface area contributed by atoms with Crippen LogP contribution in [-0.4, -0.2) is 0 Å². The molecule has 0 atom stereocenters. The van der Waals surface area contributed by atoms with E-state index in [0.29, 0.717) is 0 Å². The van der Waals surface area contributed by atoms with E-state index in [1.54, 1.807) is 0 Å². The first-order valence-corrected chi connectivity index (χ1v) is 7.98. The summed E-state index contributed by atoms with van der Waals surface area (Å²) in [5.74, 6) is 0. The number of halogens is 1. The van der Waals surface area contributed by atoms with Crippen LogP contribution >= 0.6 is 11.6 Å². The Balaban J connectivity index is 2.91. The summed E-state index contributed by atoms with van der Waals surface area (Å²) in [7, 11) is 0. The van der Waals surface area contributed by atoms with Crippen molar-refractivity contribution in [3.05, 3.63) is 11.6 Å². The molecule has 0 aliphatic heterocycles. The van der Waals surface area contributed by atoms with Crippen LogP contribution in [0.15, 0.2) is 11.6 Å². The van der Waals surface area contributed by atoms with E-state index in [1.165, 1.54) is 77.0 Å². The molecule has 0 amide bonds. The molecule has 0 aliphatic rings. The molecule has 0 nitrogen and oxygen atoms in total. The molecule has 0 aromatic rings. The largest absolute Gasteiger partial charge is 0.0898 e. The zero-order valence-corrected chi connectivity index (χ0v) is 12.5. The Morgan fingerprint density at radius 3 is 1.41 bits per heavy atom. The van der Waals surface area contributed by atoms with Gasteiger partial charge in [0.2, 0.25) is 0 Å². The maximum absolute atomic E-state index is 5.72. The minimum atomic E-state index is 0.817. The average Bonchev–Trinajstić information content (AvgIpc) is 2.30. The topological polar surface area (TPSA) is 0 Å². The lowest BCUT2D eigenvalue weighted by atomic mass is 10.0. The molecule has 0 radical (unpaired) electrons. The molecule has 1 heteroatoms. The average molecular weight is 259 g/mol. The monoisotopic (exact) mass is 258 g/mol. The van der Waals surface area contributed by atoms with E-state index in [2.05, 4.69) is 13.5 Å². The van der Waals surface area contributed by atoms with Gasteiger partial charge in [-0.25, -0.2) is 0 Å². The standard InChI is InChI=1S/C16H31Cl/c1-3-4-5-6-7-8-9-10-11-12-13-14-15-16(2)17/h2-15H2,1H3. The van der Waals surface area contributed by atoms with E-state index in [4.69, 9.17) is 11.6 Å². The maximum atomic E-state index is 5.72. The molecule has 0 aromatic heterocycles. The molecule has 17 heavy (non-hydrogen) atoms. The predicted octanol–water partition coefficient (Wildman–Crippen LogP) is 6.83. The third-order valence-electron chi connectivity index (χ3n) is 3.30. The number of hydrogen-bond donors (Lipinski definition) is 0. The van der Waals surface area contributed by atoms with Gasteiger partial charge in [-0.1, -0.05) is 95.7 Å². The second-order valence-electron chi connectivity index (χ2n) is 5.16. The van der Waals surface area contributed by atoms with Crippen molar-refractivity contribution < 1.29 is 0 Å². The van der Waals surface area contributed by atoms with Crippen LogP contribution in [0.4, 0.5) is 0 Å². The first-order valence-electron chi connectivity index (χ1n) is 7.60. The molecule has 0 aliphatic carbocycles. The van der Waals surface area contributed by atoms with Crippen molar-refractivity contribution >= 4 is 11.6 Å². The summed E-state index contributed by atoms with van der Waals surface area (Å²) in [4.78, 5) is 0. The van der Waals surface area contributed by atoms with E-state index in [1.807, 2.05) is 0 Å². The fraction of sp³-hybridized carbons (Fsp3) is 0.875. The van der Waals surface area contributed by atoms with Crippen LogP contribution in [0.2, 0.25) is 0 Å². The van der Waals surface area contributed by atoms with Gasteiger partial charge in [-0.2, -0.15) is 0 Å². The molecule has 0 spiro atoms. The Labute approximate surface area is 114 Å². The molecule has 0 heterocycles. The van der Waals surface area contributed by atoms with Crippen molar-refractivity contribution in [1.29, 1.82) is 0 Å². The van der Waals surface area contributed by atoms with Crippen molar-refractivity contribution in [2.75, 3.05) is 0 Å². The highest BCUT2D eigenvalue weighted by atomic mass is 35.5. The molecule has 0 saturated heterocycles. The first-order chi connectivity index (χ1) is 8.27. The van der Waals surface area contributed by atoms with Crippen molar-refractivity contribution in [2.24, 2.45) is 0 Å². The molecule has 102 valence electrons. The quantitative estimate of drug-likeness (QED) is 0.318. The molecular formula is C16H31Cl. The number of unbranched alkanes of at least 4 members (excludes halogenated alkanes) is 11. The van der Waals surface area contributed by atoms with Crippen molar-refractivity contribution in [2.45, 2.75) is 90.4 Å². The number of allylic oxidation sites excluding steroid dienone is 1. The molecule has 0 fully saturated rings. The van der Waals surface area contributed by atoms with E-state index in [9.17, 15) is 0 Å². The second kappa shape index (κ2) is 14.1. The fourth-order valence-corrected chi connectivity index (χ4v) is 2.29. The van der Waals surface area contributed by atoms with Crippen molar-refractivity contribution in [1.82, 2.24) is 0 Å². The van der Waals surface area contributed by atoms with Crippen LogP contribution in [0.3, 0.4) is 0 Å². The molecular weight excluding hydrogens is 228 g/mol. The summed E-state index contributed by atoms with van der Waals surface area (Å²) in [6.45, 7) is 5.99. The molecule has 0 saturated carbocycles. The molecule has 0 N–H and O–H groups in total. The second-order valence-corrected chi connectivity index (χ2v) is 5.69. The lowest BCUT2D eigenvalue weighted by Gasteiger charge is -2.02. The van der Waals surface area contributed by atoms with Gasteiger partial charge in [-0.05, 0) is 12.8 Å². The van der Waals surface area contributed by atoms with Gasteiger partial charge in [0.15, 0.2) is 0 Å². The minimum absolute atomic E-state index is 0.817. The van der Waals surface area contributed by atoms with E-state index < -0.39 is 0 Å². The number of hydrogen-bond acceptors (Lipinski definition) is 0. The zero-order valence-electron chi connectivity index (χ0n) is 11.8. The Morgan fingerprint density at radius 1 is 0.706 bits per heavy atom. The molecule has 0 unspecified atom stereocenters. The SMILES string of the molecule is C=C(Cl)CCCCCCCCCCCCCC. The Bertz CT molecular complexity index is 163. The summed E-state index contributed by atoms with van der Waals surface area (Å²) in [6.07, 6.45) is 17.8. The van der Waals surface area contributed by atoms with Crippen LogP contribution in [0.5, 0.6) is 0 Å². The number of rotatable bonds is 13. The van der Waals surface area contributed by atoms with Crippen LogP contribution in [0.1, 0.15) is 90.4 Å². The Kier molecular flexibility index (Phi) is 14.1. The summed E-state index contributed by atoms with van der Waals surface area (Å²) >= 11 is 5.72. The maximum Gasteiger partial charge on any atom is 0.0109 e. The van der Waals surface area contributed by atoms with E-state index in [0.717, 1.165) is 11.5 Å². The van der Waals surface area contributed by atoms with Gasteiger partial charge < -0.3 is 0 Å². The normalized spacial score (nSPS) is 10.7. The Hall–Kier alpha value is 0.0300. The van der Waals surface area contributed by atoms with Gasteiger partial charge in [-0.3, -0.25) is 0 Å². The predicted molar refractivity (Wildman–Crippen MR) is 80.7 cm³/mol. The Morgan fingerprint density at radius 2 is 1.06 bits per heavy atom. The van der Waals surface area contributed by atoms with Gasteiger partial charge in [0, 0.05) is 5.03 Å². The molecule has 0 rings (SSSR count). The minimum Gasteiger partial charge on any atom is -0.0898 e. The van der Waals surface area contributed by atoms with E-state index in [-0.39, 0.29) is 0 Å². The lowest BCUT2D eigenvalue weighted by Crippen LogP contribution is -1.82. The third kappa shape index (κ3) is 16.0. The highest BCUT2D eigenvalue weighted by Crippen LogP contribution is 2.14. The molecule has 0 bridgehead atoms. The van der Waals surface area contributed by atoms with Crippen LogP contribution in [-0.2, 0) is 0 Å². The van der Waals surface area contributed by atoms with Crippen LogP contribution < -0.4 is 0 Å². The van der Waals surface area contributed by atoms with Gasteiger partial charge >= 0.3 is 0 Å². The lowest BCUT2D eigenvalue weighted by molar-refractivity contribution is 0.544. The van der Waals surface area contributed by atoms with E-state index >= 15 is 0 Å². The van der Waals surface area contributed by atoms with Gasteiger partial charge in [0.25, 0.3) is 0 Å². The fourth-order valence-electron chi connectivity index (χ4n) is 2.16. The molecule has 0 aromatic carbocycles. The van der Waals surface area contributed by atoms with Crippen LogP contribution in [0.25, 0.3) is 0 Å². The summed E-state index contributed by atoms with van der Waals surface area (Å²) in [6, 6.07) is 0.